The number of anilines is 2. The molecule has 3 heterocycles. The van der Waals surface area contributed by atoms with Crippen LogP contribution >= 0.6 is 69.6 Å². The van der Waals surface area contributed by atoms with Crippen molar-refractivity contribution in [2.45, 2.75) is 90.3 Å². The van der Waals surface area contributed by atoms with Crippen molar-refractivity contribution >= 4 is 110 Å². The lowest BCUT2D eigenvalue weighted by atomic mass is 10.0. The molecule has 0 unspecified atom stereocenters. The molecule has 4 aromatic rings. The molecule has 0 aliphatic carbocycles. The molecule has 26 heteroatoms. The van der Waals surface area contributed by atoms with E-state index in [0.29, 0.717) is 131 Å². The molecular formula is C63H86Cl6F2N10O8. The van der Waals surface area contributed by atoms with Crippen LogP contribution in [0.25, 0.3) is 0 Å². The van der Waals surface area contributed by atoms with Crippen LogP contribution in [0.1, 0.15) is 56.9 Å². The number of hydrogen-bond acceptors (Lipinski definition) is 14. The second kappa shape index (κ2) is 37.0. The maximum atomic E-state index is 14.3. The Labute approximate surface area is 553 Å². The third-order valence-corrected chi connectivity index (χ3v) is 17.0. The Morgan fingerprint density at radius 3 is 1.54 bits per heavy atom. The first-order valence-electron chi connectivity index (χ1n) is 29.6. The number of rotatable bonds is 24. The molecule has 3 aliphatic rings. The molecule has 3 N–H and O–H groups in total. The Balaban J connectivity index is 0.000000302. The lowest BCUT2D eigenvalue weighted by molar-refractivity contribution is -0.146. The van der Waals surface area contributed by atoms with Crippen LogP contribution in [-0.2, 0) is 59.3 Å². The maximum Gasteiger partial charge on any atom is 0.407 e. The van der Waals surface area contributed by atoms with Crippen molar-refractivity contribution in [3.63, 3.8) is 0 Å². The fourth-order valence-corrected chi connectivity index (χ4v) is 11.4. The smallest absolute Gasteiger partial charge is 0.407 e. The molecule has 4 atom stereocenters. The second-order valence-electron chi connectivity index (χ2n) is 23.2. The number of likely N-dealkylation sites (N-methyl/N-ethyl adjacent to an activating group) is 2. The highest BCUT2D eigenvalue weighted by Gasteiger charge is 2.37. The van der Waals surface area contributed by atoms with Crippen LogP contribution in [0.15, 0.2) is 72.8 Å². The summed E-state index contributed by atoms with van der Waals surface area (Å²) in [5.41, 5.74) is 4.69. The van der Waals surface area contributed by atoms with Gasteiger partial charge in [0.1, 0.15) is 23.3 Å². The summed E-state index contributed by atoms with van der Waals surface area (Å²) in [4.78, 5) is 76.1. The number of carbonyl (C=O) groups excluding carboxylic acids is 5. The van der Waals surface area contributed by atoms with Crippen molar-refractivity contribution in [2.75, 3.05) is 142 Å². The number of methoxy groups -OCH3 is 2. The number of hydrogen-bond donors (Lipinski definition) is 3. The molecule has 0 bridgehead atoms. The van der Waals surface area contributed by atoms with Gasteiger partial charge in [-0.15, -0.1) is 11.6 Å². The van der Waals surface area contributed by atoms with Crippen molar-refractivity contribution in [3.8, 4) is 0 Å². The molecule has 0 spiro atoms. The molecule has 0 saturated carbocycles. The van der Waals surface area contributed by atoms with Gasteiger partial charge in [-0.05, 0) is 150 Å². The van der Waals surface area contributed by atoms with Crippen molar-refractivity contribution in [3.05, 3.63) is 127 Å². The van der Waals surface area contributed by atoms with Gasteiger partial charge in [-0.1, -0.05) is 58.5 Å². The van der Waals surface area contributed by atoms with Gasteiger partial charge in [-0.25, -0.2) is 13.6 Å². The third-order valence-electron chi connectivity index (χ3n) is 15.3. The summed E-state index contributed by atoms with van der Waals surface area (Å²) in [6.07, 6.45) is 0.156. The molecular weight excluding hydrogens is 1280 g/mol. The van der Waals surface area contributed by atoms with Crippen LogP contribution in [0.5, 0.6) is 0 Å². The van der Waals surface area contributed by atoms with Gasteiger partial charge in [0.25, 0.3) is 0 Å². The molecule has 0 aromatic heterocycles. The normalized spacial score (nSPS) is 16.0. The number of alkyl carbamates (subject to hydrolysis) is 1. The first kappa shape index (κ1) is 74.9. The molecule has 7 rings (SSSR count). The number of piperazine rings is 3. The molecule has 4 aromatic carbocycles. The topological polar surface area (TPSA) is 172 Å². The molecule has 492 valence electrons. The number of nitrogens with zero attached hydrogens (tertiary/aromatic N) is 7. The molecule has 18 nitrogen and oxygen atoms in total. The lowest BCUT2D eigenvalue weighted by Gasteiger charge is -2.41. The summed E-state index contributed by atoms with van der Waals surface area (Å²) >= 11 is 34.6. The van der Waals surface area contributed by atoms with Gasteiger partial charge in [-0.2, -0.15) is 0 Å². The van der Waals surface area contributed by atoms with Gasteiger partial charge < -0.3 is 54.7 Å². The Hall–Kier alpha value is -4.81. The maximum absolute atomic E-state index is 14.3. The number of amides is 4. The Morgan fingerprint density at radius 2 is 1.11 bits per heavy atom. The van der Waals surface area contributed by atoms with Crippen molar-refractivity contribution < 1.29 is 47.0 Å². The van der Waals surface area contributed by atoms with E-state index in [9.17, 15) is 32.8 Å². The summed E-state index contributed by atoms with van der Waals surface area (Å²) in [7, 11) is 7.34. The van der Waals surface area contributed by atoms with Gasteiger partial charge in [-0.3, -0.25) is 29.0 Å². The fourth-order valence-electron chi connectivity index (χ4n) is 10.4. The second-order valence-corrected chi connectivity index (χ2v) is 25.6. The van der Waals surface area contributed by atoms with E-state index < -0.39 is 29.0 Å². The first-order valence-corrected chi connectivity index (χ1v) is 32.0. The minimum absolute atomic E-state index is 0.0552. The number of halogens is 8. The van der Waals surface area contributed by atoms with Crippen molar-refractivity contribution in [2.24, 2.45) is 0 Å². The highest BCUT2D eigenvalue weighted by Crippen LogP contribution is 2.30. The highest BCUT2D eigenvalue weighted by atomic mass is 35.5. The molecule has 0 radical (unpaired) electrons. The summed E-state index contributed by atoms with van der Waals surface area (Å²) < 4.78 is 44.4. The predicted molar refractivity (Wildman–Crippen MR) is 352 cm³/mol. The first-order chi connectivity index (χ1) is 42.2. The summed E-state index contributed by atoms with van der Waals surface area (Å²) in [5, 5.41) is 10.6. The van der Waals surface area contributed by atoms with Crippen LogP contribution in [0.4, 0.5) is 25.0 Å². The van der Waals surface area contributed by atoms with E-state index in [1.165, 1.54) is 12.1 Å². The van der Waals surface area contributed by atoms with Gasteiger partial charge in [0.15, 0.2) is 0 Å². The summed E-state index contributed by atoms with van der Waals surface area (Å²) in [5.74, 6) is -0.891. The molecule has 3 saturated heterocycles. The quantitative estimate of drug-likeness (QED) is 0.0344. The monoisotopic (exact) mass is 1360 g/mol. The summed E-state index contributed by atoms with van der Waals surface area (Å²) in [6.45, 7) is 18.2. The van der Waals surface area contributed by atoms with Gasteiger partial charge in [0, 0.05) is 156 Å². The van der Waals surface area contributed by atoms with E-state index in [4.69, 9.17) is 83.8 Å². The molecule has 89 heavy (non-hydrogen) atoms. The molecule has 4 amide bonds. The zero-order chi connectivity index (χ0) is 65.5. The van der Waals surface area contributed by atoms with Crippen molar-refractivity contribution in [1.82, 2.24) is 40.4 Å². The number of carbonyl (C=O) groups is 5. The minimum Gasteiger partial charge on any atom is -0.444 e. The highest BCUT2D eigenvalue weighted by molar-refractivity contribution is 6.67. The molecule has 3 fully saturated rings. The van der Waals surface area contributed by atoms with Crippen LogP contribution in [0, 0.1) is 11.6 Å². The Morgan fingerprint density at radius 1 is 0.652 bits per heavy atom. The lowest BCUT2D eigenvalue weighted by Crippen LogP contribution is -2.60. The van der Waals surface area contributed by atoms with E-state index in [2.05, 4.69) is 49.4 Å². The van der Waals surface area contributed by atoms with Gasteiger partial charge >= 0.3 is 6.09 Å². The van der Waals surface area contributed by atoms with Gasteiger partial charge in [0.05, 0.1) is 31.7 Å². The Bertz CT molecular complexity index is 2960. The number of benzene rings is 4. The SMILES string of the molecule is COC[C@@H](C)N(C)Cc1cc(F)ccc1N1CCN(C(=O)[C@@H](Cc2ccc(Cl)cc2Cl)N2CCNCC2=O)CC1.COC[C@@H](C)N(C)Cc1cc(F)ccc1N1CCN(C(=O)[C@@H](Cc2ccc(Cl)cc2Cl)NCCNC(=O)OC(C)(C)C)CC1.O=C(Cl)CCl. The van der Waals surface area contributed by atoms with E-state index in [1.807, 2.05) is 48.2 Å². The van der Waals surface area contributed by atoms with Crippen LogP contribution in [-0.4, -0.2) is 216 Å². The number of ether oxygens (including phenoxy) is 3. The van der Waals surface area contributed by atoms with E-state index in [1.54, 1.807) is 76.3 Å². The predicted octanol–water partition coefficient (Wildman–Crippen LogP) is 9.25. The average molecular weight is 1360 g/mol. The zero-order valence-corrected chi connectivity index (χ0v) is 56.8. The van der Waals surface area contributed by atoms with Crippen LogP contribution in [0.2, 0.25) is 20.1 Å². The van der Waals surface area contributed by atoms with E-state index in [-0.39, 0.29) is 60.4 Å². The zero-order valence-electron chi connectivity index (χ0n) is 52.3. The third kappa shape index (κ3) is 24.3. The van der Waals surface area contributed by atoms with Crippen molar-refractivity contribution in [1.29, 1.82) is 0 Å². The van der Waals surface area contributed by atoms with Crippen LogP contribution in [0.3, 0.4) is 0 Å². The largest absolute Gasteiger partial charge is 0.444 e. The number of nitrogens with one attached hydrogen (secondary N) is 3. The van der Waals surface area contributed by atoms with E-state index >= 15 is 0 Å². The van der Waals surface area contributed by atoms with Gasteiger partial charge in [0.2, 0.25) is 23.0 Å². The number of alkyl halides is 1. The Kier molecular flexibility index (Phi) is 31.2. The average Bonchev–Trinajstić information content (AvgIpc) is 1.90. The fraction of sp³-hybridized carbons (Fsp3) is 0.540. The van der Waals surface area contributed by atoms with Crippen LogP contribution < -0.4 is 25.8 Å². The molecule has 3 aliphatic heterocycles. The summed E-state index contributed by atoms with van der Waals surface area (Å²) in [6, 6.07) is 19.4. The van der Waals surface area contributed by atoms with E-state index in [0.717, 1.165) is 33.6 Å². The standard InChI is InChI=1S/C32H46Cl2FN5O4.C29H38Cl2FN5O3.C2H2Cl2O/c1-22(21-43-6)38(5)20-24-17-26(35)9-10-29(24)39-13-15-40(16-14-39)30(41)28(18-23-7-8-25(33)19-27(23)34)36-11-12-37-31(42)44-32(2,3)4;1-20(19-40-3)34(2)18-22-14-24(32)6-7-26(22)35-10-12-36(13-11-35)29(39)27(37-9-8-33-17-28(37)38)15-21-4-5-23(30)16-25(21)31;3-1-2(4)5/h7-10,17,19,22,28,36H,11-16,18,20-21H2,1-6H3,(H,37,42);4-7,14,16,20,27,33H,8-13,15,17-19H2,1-3H3;1H2/t22-,28-;20-,27-;/m11./s1. The minimum atomic E-state index is -0.655.